The summed E-state index contributed by atoms with van der Waals surface area (Å²) in [7, 11) is 1.98. The number of nitrogens with one attached hydrogen (secondary N) is 1. The molecule has 3 aromatic heterocycles. The van der Waals surface area contributed by atoms with Crippen LogP contribution in [0.25, 0.3) is 11.0 Å². The van der Waals surface area contributed by atoms with E-state index < -0.39 is 6.17 Å². The van der Waals surface area contributed by atoms with E-state index in [-0.39, 0.29) is 6.04 Å². The molecule has 0 saturated carbocycles. The van der Waals surface area contributed by atoms with Crippen molar-refractivity contribution in [1.29, 1.82) is 0 Å². The van der Waals surface area contributed by atoms with Gasteiger partial charge in [0.2, 0.25) is 0 Å². The molecule has 4 rings (SSSR count). The minimum atomic E-state index is -0.794. The zero-order chi connectivity index (χ0) is 17.4. The first-order chi connectivity index (χ1) is 12.1. The van der Waals surface area contributed by atoms with Gasteiger partial charge in [-0.05, 0) is 13.3 Å². The summed E-state index contributed by atoms with van der Waals surface area (Å²) in [6.45, 7) is 3.83. The molecule has 0 bridgehead atoms. The molecule has 1 aliphatic rings. The maximum Gasteiger partial charge on any atom is 0.160 e. The first kappa shape index (κ1) is 16.3. The van der Waals surface area contributed by atoms with E-state index in [9.17, 15) is 4.39 Å². The van der Waals surface area contributed by atoms with Crippen molar-refractivity contribution in [3.63, 3.8) is 0 Å². The van der Waals surface area contributed by atoms with Crippen LogP contribution in [0.5, 0.6) is 0 Å². The first-order valence-electron chi connectivity index (χ1n) is 8.24. The molecular weight excluding hydrogens is 341 g/mol. The largest absolute Gasteiger partial charge is 0.357 e. The summed E-state index contributed by atoms with van der Waals surface area (Å²) in [6.07, 6.45) is 2.99. The predicted octanol–water partition coefficient (Wildman–Crippen LogP) is 2.17. The summed E-state index contributed by atoms with van der Waals surface area (Å²) in [5, 5.41) is 10.9. The van der Waals surface area contributed by atoms with E-state index in [4.69, 9.17) is 0 Å². The molecule has 0 radical (unpaired) electrons. The number of H-pyrrole nitrogens is 1. The Kier molecular flexibility index (Phi) is 4.34. The van der Waals surface area contributed by atoms with Gasteiger partial charge in [0.05, 0.1) is 22.3 Å². The van der Waals surface area contributed by atoms with Gasteiger partial charge in [0.25, 0.3) is 0 Å². The third-order valence-electron chi connectivity index (χ3n) is 4.58. The zero-order valence-electron chi connectivity index (χ0n) is 14.2. The molecule has 4 heterocycles. The second-order valence-corrected chi connectivity index (χ2v) is 7.55. The number of rotatable bonds is 5. The average molecular weight is 361 g/mol. The summed E-state index contributed by atoms with van der Waals surface area (Å²) in [6, 6.07) is 0.124. The molecule has 0 unspecified atom stereocenters. The van der Waals surface area contributed by atoms with Crippen LogP contribution >= 0.6 is 11.3 Å². The third kappa shape index (κ3) is 3.34. The fraction of sp³-hybridized carbons (Fsp3) is 0.500. The van der Waals surface area contributed by atoms with E-state index in [0.717, 1.165) is 21.9 Å². The zero-order valence-corrected chi connectivity index (χ0v) is 15.0. The molecule has 0 amide bonds. The molecule has 1 N–H and O–H groups in total. The van der Waals surface area contributed by atoms with Gasteiger partial charge in [-0.2, -0.15) is 5.10 Å². The molecule has 7 nitrogen and oxygen atoms in total. The van der Waals surface area contributed by atoms with Crippen LogP contribution in [0.1, 0.15) is 17.1 Å². The van der Waals surface area contributed by atoms with Crippen LogP contribution in [-0.4, -0.2) is 62.4 Å². The van der Waals surface area contributed by atoms with E-state index in [1.165, 1.54) is 6.33 Å². The van der Waals surface area contributed by atoms with E-state index in [1.54, 1.807) is 17.5 Å². The monoisotopic (exact) mass is 361 g/mol. The van der Waals surface area contributed by atoms with Crippen LogP contribution < -0.4 is 4.90 Å². The summed E-state index contributed by atoms with van der Waals surface area (Å²) in [5.41, 5.74) is 1.73. The maximum absolute atomic E-state index is 14.1. The Bertz CT molecular complexity index is 863. The molecule has 0 spiro atoms. The van der Waals surface area contributed by atoms with Gasteiger partial charge in [0.1, 0.15) is 18.3 Å². The van der Waals surface area contributed by atoms with Crippen LogP contribution in [0.15, 0.2) is 17.9 Å². The highest BCUT2D eigenvalue weighted by Crippen LogP contribution is 2.26. The fourth-order valence-electron chi connectivity index (χ4n) is 3.45. The second-order valence-electron chi connectivity index (χ2n) is 6.48. The summed E-state index contributed by atoms with van der Waals surface area (Å²) < 4.78 is 14.1. The lowest BCUT2D eigenvalue weighted by Crippen LogP contribution is -2.39. The predicted molar refractivity (Wildman–Crippen MR) is 95.5 cm³/mol. The maximum atomic E-state index is 14.1. The Morgan fingerprint density at radius 3 is 3.12 bits per heavy atom. The SMILES string of the molecule is Cc1nc(CN2C[C@@H](F)C[C@H]2CN(C)c2ncnc3[nH]ncc23)cs1. The summed E-state index contributed by atoms with van der Waals surface area (Å²) >= 11 is 1.63. The number of hydrogen-bond acceptors (Lipinski definition) is 7. The van der Waals surface area contributed by atoms with Crippen molar-refractivity contribution >= 4 is 28.2 Å². The lowest BCUT2D eigenvalue weighted by atomic mass is 10.2. The second kappa shape index (κ2) is 6.64. The Morgan fingerprint density at radius 1 is 1.44 bits per heavy atom. The molecule has 1 fully saturated rings. The summed E-state index contributed by atoms with van der Waals surface area (Å²) in [4.78, 5) is 17.3. The number of halogens is 1. The van der Waals surface area contributed by atoms with Crippen LogP contribution in [0.3, 0.4) is 0 Å². The van der Waals surface area contributed by atoms with Crippen LogP contribution in [0, 0.1) is 6.92 Å². The molecule has 0 aromatic carbocycles. The molecule has 0 aliphatic carbocycles. The van der Waals surface area contributed by atoms with Gasteiger partial charge < -0.3 is 4.90 Å². The van der Waals surface area contributed by atoms with Crippen LogP contribution in [0.2, 0.25) is 0 Å². The Morgan fingerprint density at radius 2 is 2.32 bits per heavy atom. The highest BCUT2D eigenvalue weighted by molar-refractivity contribution is 7.09. The minimum Gasteiger partial charge on any atom is -0.357 e. The van der Waals surface area contributed by atoms with Crippen molar-refractivity contribution in [2.45, 2.75) is 32.1 Å². The number of anilines is 1. The number of nitrogens with zero attached hydrogens (tertiary/aromatic N) is 6. The smallest absolute Gasteiger partial charge is 0.160 e. The van der Waals surface area contributed by atoms with Crippen molar-refractivity contribution < 1.29 is 4.39 Å². The number of fused-ring (bicyclic) bond motifs is 1. The van der Waals surface area contributed by atoms with Crippen molar-refractivity contribution in [3.05, 3.63) is 28.6 Å². The summed E-state index contributed by atoms with van der Waals surface area (Å²) in [5.74, 6) is 0.811. The van der Waals surface area contributed by atoms with Crippen molar-refractivity contribution in [2.24, 2.45) is 0 Å². The van der Waals surface area contributed by atoms with E-state index in [2.05, 4.69) is 40.3 Å². The standard InChI is InChI=1S/C16H20FN7S/c1-10-21-12(8-25-10)6-24-5-11(17)3-13(24)7-23(2)16-14-4-20-22-15(14)18-9-19-16/h4,8-9,11,13H,3,5-7H2,1-2H3,(H,18,19,20,22)/t11-,13-/m0/s1. The Hall–Kier alpha value is -2.13. The number of hydrogen-bond donors (Lipinski definition) is 1. The Labute approximate surface area is 148 Å². The van der Waals surface area contributed by atoms with Gasteiger partial charge in [0, 0.05) is 38.1 Å². The number of aromatic amines is 1. The van der Waals surface area contributed by atoms with Gasteiger partial charge in [-0.15, -0.1) is 11.3 Å². The molecule has 3 aromatic rings. The van der Waals surface area contributed by atoms with Crippen LogP contribution in [-0.2, 0) is 6.54 Å². The average Bonchev–Trinajstić information content (AvgIpc) is 3.28. The number of aromatic nitrogens is 5. The van der Waals surface area contributed by atoms with Crippen molar-refractivity contribution in [3.8, 4) is 0 Å². The number of thiazole rings is 1. The van der Waals surface area contributed by atoms with Gasteiger partial charge in [-0.3, -0.25) is 10.00 Å². The number of aryl methyl sites for hydroxylation is 1. The topological polar surface area (TPSA) is 73.8 Å². The van der Waals surface area contributed by atoms with E-state index in [0.29, 0.717) is 31.7 Å². The lowest BCUT2D eigenvalue weighted by Gasteiger charge is -2.28. The van der Waals surface area contributed by atoms with Crippen LogP contribution in [0.4, 0.5) is 10.2 Å². The number of alkyl halides is 1. The van der Waals surface area contributed by atoms with Crippen molar-refractivity contribution in [2.75, 3.05) is 25.0 Å². The molecule has 9 heteroatoms. The van der Waals surface area contributed by atoms with Gasteiger partial charge in [0.15, 0.2) is 5.65 Å². The highest BCUT2D eigenvalue weighted by atomic mass is 32.1. The molecule has 25 heavy (non-hydrogen) atoms. The molecular formula is C16H20FN7S. The van der Waals surface area contributed by atoms with Gasteiger partial charge >= 0.3 is 0 Å². The highest BCUT2D eigenvalue weighted by Gasteiger charge is 2.33. The third-order valence-corrected chi connectivity index (χ3v) is 5.40. The Balaban J connectivity index is 1.50. The van der Waals surface area contributed by atoms with E-state index >= 15 is 0 Å². The number of likely N-dealkylation sites (tertiary alicyclic amines) is 1. The van der Waals surface area contributed by atoms with Gasteiger partial charge in [-0.1, -0.05) is 0 Å². The molecule has 2 atom stereocenters. The molecule has 1 saturated heterocycles. The molecule has 1 aliphatic heterocycles. The van der Waals surface area contributed by atoms with Gasteiger partial charge in [-0.25, -0.2) is 19.3 Å². The lowest BCUT2D eigenvalue weighted by molar-refractivity contribution is 0.235. The normalized spacial score (nSPS) is 21.2. The fourth-order valence-corrected chi connectivity index (χ4v) is 4.06. The molecule has 132 valence electrons. The quantitative estimate of drug-likeness (QED) is 0.751. The van der Waals surface area contributed by atoms with E-state index in [1.807, 2.05) is 14.0 Å². The number of likely N-dealkylation sites (N-methyl/N-ethyl adjacent to an activating group) is 1. The van der Waals surface area contributed by atoms with Crippen molar-refractivity contribution in [1.82, 2.24) is 30.0 Å². The first-order valence-corrected chi connectivity index (χ1v) is 9.12. The minimum absolute atomic E-state index is 0.124.